The van der Waals surface area contributed by atoms with Gasteiger partial charge in [-0.2, -0.15) is 0 Å². The van der Waals surface area contributed by atoms with Gasteiger partial charge in [-0.3, -0.25) is 9.69 Å². The normalized spacial score (nSPS) is 19.9. The smallest absolute Gasteiger partial charge is 0.325 e. The van der Waals surface area contributed by atoms with E-state index in [-0.39, 0.29) is 12.3 Å². The summed E-state index contributed by atoms with van der Waals surface area (Å²) in [5.74, 6) is -0.945. The van der Waals surface area contributed by atoms with Gasteiger partial charge in [0.05, 0.1) is 5.75 Å². The van der Waals surface area contributed by atoms with Crippen LogP contribution in [-0.2, 0) is 21.1 Å². The molecule has 0 aliphatic carbocycles. The second kappa shape index (κ2) is 5.30. The summed E-state index contributed by atoms with van der Waals surface area (Å²) in [5.41, 5.74) is 1.81. The first-order valence-electron chi connectivity index (χ1n) is 6.11. The number of nitrogens with zero attached hydrogens (tertiary/aromatic N) is 1. The van der Waals surface area contributed by atoms with Crippen LogP contribution in [0.2, 0.25) is 0 Å². The first kappa shape index (κ1) is 14.0. The zero-order valence-corrected chi connectivity index (χ0v) is 11.6. The number of sulfone groups is 1. The number of aliphatic carboxylic acids is 1. The van der Waals surface area contributed by atoms with Crippen molar-refractivity contribution in [1.82, 2.24) is 4.90 Å². The molecule has 1 heterocycles. The Labute approximate surface area is 112 Å². The standard InChI is InChI=1S/C13H17NO4S/c1-19(17,18)9-8-14-7-6-10-4-2-3-5-11(10)12(14)13(15)16/h2-5,12H,6-9H2,1H3,(H,15,16). The highest BCUT2D eigenvalue weighted by molar-refractivity contribution is 7.90. The molecule has 19 heavy (non-hydrogen) atoms. The van der Waals surface area contributed by atoms with E-state index in [2.05, 4.69) is 0 Å². The number of carbonyl (C=O) groups is 1. The summed E-state index contributed by atoms with van der Waals surface area (Å²) in [6.45, 7) is 0.827. The van der Waals surface area contributed by atoms with E-state index in [0.29, 0.717) is 6.54 Å². The highest BCUT2D eigenvalue weighted by atomic mass is 32.2. The van der Waals surface area contributed by atoms with E-state index in [1.165, 1.54) is 6.26 Å². The third kappa shape index (κ3) is 3.33. The molecule has 0 radical (unpaired) electrons. The molecule has 0 saturated heterocycles. The number of benzene rings is 1. The second-order valence-corrected chi connectivity index (χ2v) is 7.12. The van der Waals surface area contributed by atoms with Gasteiger partial charge in [-0.15, -0.1) is 0 Å². The Morgan fingerprint density at radius 3 is 2.74 bits per heavy atom. The van der Waals surface area contributed by atoms with Crippen molar-refractivity contribution in [2.24, 2.45) is 0 Å². The molecule has 1 atom stereocenters. The Morgan fingerprint density at radius 1 is 1.42 bits per heavy atom. The van der Waals surface area contributed by atoms with Crippen LogP contribution in [0.4, 0.5) is 0 Å². The van der Waals surface area contributed by atoms with E-state index in [0.717, 1.165) is 17.5 Å². The lowest BCUT2D eigenvalue weighted by Crippen LogP contribution is -2.41. The summed E-state index contributed by atoms with van der Waals surface area (Å²) >= 11 is 0. The number of carboxylic acid groups (broad SMARTS) is 1. The predicted molar refractivity (Wildman–Crippen MR) is 71.8 cm³/mol. The summed E-state index contributed by atoms with van der Waals surface area (Å²) in [7, 11) is -3.08. The largest absolute Gasteiger partial charge is 0.480 e. The van der Waals surface area contributed by atoms with Gasteiger partial charge in [-0.05, 0) is 17.5 Å². The Kier molecular flexibility index (Phi) is 3.91. The first-order valence-corrected chi connectivity index (χ1v) is 8.17. The molecular formula is C13H17NO4S. The Bertz CT molecular complexity index is 582. The highest BCUT2D eigenvalue weighted by Crippen LogP contribution is 2.29. The number of fused-ring (bicyclic) bond motifs is 1. The zero-order valence-electron chi connectivity index (χ0n) is 10.7. The summed E-state index contributed by atoms with van der Waals surface area (Å²) in [6, 6.07) is 6.70. The lowest BCUT2D eigenvalue weighted by atomic mass is 9.93. The van der Waals surface area contributed by atoms with E-state index in [1.807, 2.05) is 18.2 Å². The fourth-order valence-corrected chi connectivity index (χ4v) is 3.00. The van der Waals surface area contributed by atoms with Gasteiger partial charge in [0.2, 0.25) is 0 Å². The van der Waals surface area contributed by atoms with Gasteiger partial charge in [0.1, 0.15) is 15.9 Å². The van der Waals surface area contributed by atoms with Crippen LogP contribution >= 0.6 is 0 Å². The van der Waals surface area contributed by atoms with Crippen LogP contribution in [0.15, 0.2) is 24.3 Å². The number of carboxylic acids is 1. The molecule has 5 nitrogen and oxygen atoms in total. The van der Waals surface area contributed by atoms with Crippen molar-refractivity contribution >= 4 is 15.8 Å². The van der Waals surface area contributed by atoms with Gasteiger partial charge >= 0.3 is 5.97 Å². The second-order valence-electron chi connectivity index (χ2n) is 4.86. The summed E-state index contributed by atoms with van der Waals surface area (Å²) in [5, 5.41) is 9.39. The fourth-order valence-electron chi connectivity index (χ4n) is 2.43. The fraction of sp³-hybridized carbons (Fsp3) is 0.462. The minimum atomic E-state index is -3.08. The van der Waals surface area contributed by atoms with Crippen molar-refractivity contribution in [2.45, 2.75) is 12.5 Å². The number of rotatable bonds is 4. The van der Waals surface area contributed by atoms with Crippen LogP contribution < -0.4 is 0 Å². The van der Waals surface area contributed by atoms with Crippen LogP contribution in [0.5, 0.6) is 0 Å². The number of hydrogen-bond acceptors (Lipinski definition) is 4. The van der Waals surface area contributed by atoms with Gasteiger partial charge in [0, 0.05) is 19.3 Å². The maximum Gasteiger partial charge on any atom is 0.325 e. The molecule has 1 aliphatic rings. The lowest BCUT2D eigenvalue weighted by Gasteiger charge is -2.34. The molecular weight excluding hydrogens is 266 g/mol. The Hall–Kier alpha value is -1.40. The molecule has 0 fully saturated rings. The molecule has 1 aliphatic heterocycles. The topological polar surface area (TPSA) is 74.7 Å². The maximum absolute atomic E-state index is 11.5. The molecule has 1 aromatic carbocycles. The quantitative estimate of drug-likeness (QED) is 0.881. The maximum atomic E-state index is 11.5. The highest BCUT2D eigenvalue weighted by Gasteiger charge is 2.32. The van der Waals surface area contributed by atoms with E-state index in [1.54, 1.807) is 11.0 Å². The van der Waals surface area contributed by atoms with Crippen molar-refractivity contribution in [3.8, 4) is 0 Å². The van der Waals surface area contributed by atoms with E-state index < -0.39 is 21.8 Å². The molecule has 1 N–H and O–H groups in total. The zero-order chi connectivity index (χ0) is 14.0. The first-order chi connectivity index (χ1) is 8.88. The minimum Gasteiger partial charge on any atom is -0.480 e. The van der Waals surface area contributed by atoms with Crippen molar-refractivity contribution in [2.75, 3.05) is 25.1 Å². The summed E-state index contributed by atoms with van der Waals surface area (Å²) < 4.78 is 22.4. The monoisotopic (exact) mass is 283 g/mol. The molecule has 1 unspecified atom stereocenters. The van der Waals surface area contributed by atoms with Crippen molar-refractivity contribution in [1.29, 1.82) is 0 Å². The molecule has 104 valence electrons. The van der Waals surface area contributed by atoms with Crippen molar-refractivity contribution in [3.05, 3.63) is 35.4 Å². The van der Waals surface area contributed by atoms with E-state index in [4.69, 9.17) is 0 Å². The molecule has 0 aromatic heterocycles. The number of hydrogen-bond donors (Lipinski definition) is 1. The summed E-state index contributed by atoms with van der Waals surface area (Å²) in [4.78, 5) is 13.2. The van der Waals surface area contributed by atoms with E-state index >= 15 is 0 Å². The third-order valence-electron chi connectivity index (χ3n) is 3.37. The average Bonchev–Trinajstić information content (AvgIpc) is 2.34. The minimum absolute atomic E-state index is 0.0149. The van der Waals surface area contributed by atoms with Crippen molar-refractivity contribution in [3.63, 3.8) is 0 Å². The molecule has 0 spiro atoms. The SMILES string of the molecule is CS(=O)(=O)CCN1CCc2ccccc2C1C(=O)O. The summed E-state index contributed by atoms with van der Waals surface area (Å²) in [6.07, 6.45) is 1.92. The van der Waals surface area contributed by atoms with Crippen LogP contribution in [0.3, 0.4) is 0 Å². The van der Waals surface area contributed by atoms with Gasteiger partial charge < -0.3 is 5.11 Å². The van der Waals surface area contributed by atoms with Gasteiger partial charge in [-0.1, -0.05) is 24.3 Å². The third-order valence-corrected chi connectivity index (χ3v) is 4.29. The van der Waals surface area contributed by atoms with Crippen molar-refractivity contribution < 1.29 is 18.3 Å². The van der Waals surface area contributed by atoms with Crippen LogP contribution in [0, 0.1) is 0 Å². The van der Waals surface area contributed by atoms with Crippen LogP contribution in [-0.4, -0.2) is 49.5 Å². The van der Waals surface area contributed by atoms with Gasteiger partial charge in [-0.25, -0.2) is 8.42 Å². The van der Waals surface area contributed by atoms with Crippen LogP contribution in [0.1, 0.15) is 17.2 Å². The molecule has 0 bridgehead atoms. The van der Waals surface area contributed by atoms with Crippen LogP contribution in [0.25, 0.3) is 0 Å². The average molecular weight is 283 g/mol. The Balaban J connectivity index is 2.25. The van der Waals surface area contributed by atoms with E-state index in [9.17, 15) is 18.3 Å². The molecule has 0 saturated carbocycles. The molecule has 2 rings (SSSR count). The van der Waals surface area contributed by atoms with Gasteiger partial charge in [0.15, 0.2) is 0 Å². The molecule has 6 heteroatoms. The molecule has 1 aromatic rings. The molecule has 0 amide bonds. The van der Waals surface area contributed by atoms with Gasteiger partial charge in [0.25, 0.3) is 0 Å². The lowest BCUT2D eigenvalue weighted by molar-refractivity contribution is -0.143. The predicted octanol–water partition coefficient (Wildman–Crippen LogP) is 0.715. The Morgan fingerprint density at radius 2 is 2.11 bits per heavy atom.